The number of carbonyl (C=O) groups is 2. The van der Waals surface area contributed by atoms with E-state index in [1.807, 2.05) is 24.3 Å². The molecule has 0 fully saturated rings. The van der Waals surface area contributed by atoms with Crippen molar-refractivity contribution >= 4 is 23.1 Å². The molecule has 156 valence electrons. The van der Waals surface area contributed by atoms with Gasteiger partial charge >= 0.3 is 5.97 Å². The third-order valence-corrected chi connectivity index (χ3v) is 4.85. The molecule has 0 aliphatic rings. The minimum absolute atomic E-state index is 0.0500. The third-order valence-electron chi connectivity index (χ3n) is 4.85. The average molecular weight is 415 g/mol. The second kappa shape index (κ2) is 8.76. The molecule has 0 aliphatic carbocycles. The topological polar surface area (TPSA) is 112 Å². The van der Waals surface area contributed by atoms with Crippen molar-refractivity contribution in [2.45, 2.75) is 13.0 Å². The lowest BCUT2D eigenvalue weighted by atomic mass is 10.1. The lowest BCUT2D eigenvalue weighted by Gasteiger charge is -2.12. The lowest BCUT2D eigenvalue weighted by Crippen LogP contribution is -2.18. The summed E-state index contributed by atoms with van der Waals surface area (Å²) in [6, 6.07) is 18.2. The Morgan fingerprint density at radius 2 is 1.94 bits per heavy atom. The Hall–Kier alpha value is -4.04. The molecule has 2 heterocycles. The number of hydrogen-bond donors (Lipinski definition) is 2. The van der Waals surface area contributed by atoms with Crippen LogP contribution >= 0.6 is 0 Å². The van der Waals surface area contributed by atoms with Gasteiger partial charge in [-0.1, -0.05) is 36.4 Å². The van der Waals surface area contributed by atoms with E-state index < -0.39 is 5.91 Å². The molecule has 0 bridgehead atoms. The van der Waals surface area contributed by atoms with Crippen LogP contribution in [0.5, 0.6) is 0 Å². The molecule has 2 aromatic heterocycles. The van der Waals surface area contributed by atoms with Gasteiger partial charge in [0.25, 0.3) is 5.91 Å². The van der Waals surface area contributed by atoms with E-state index in [1.165, 1.54) is 7.11 Å². The van der Waals surface area contributed by atoms with Crippen LogP contribution in [0.3, 0.4) is 0 Å². The molecule has 31 heavy (non-hydrogen) atoms. The van der Waals surface area contributed by atoms with Crippen molar-refractivity contribution in [3.05, 3.63) is 83.7 Å². The fraction of sp³-hybridized carbons (Fsp3) is 0.130. The van der Waals surface area contributed by atoms with Crippen LogP contribution in [0, 0.1) is 0 Å². The molecule has 0 unspecified atom stereocenters. The Morgan fingerprint density at radius 1 is 1.10 bits per heavy atom. The van der Waals surface area contributed by atoms with Crippen molar-refractivity contribution in [1.82, 2.24) is 14.6 Å². The zero-order valence-corrected chi connectivity index (χ0v) is 16.9. The molecule has 3 N–H and O–H groups in total. The normalized spacial score (nSPS) is 10.8. The number of amides is 1. The number of ether oxygens (including phenoxy) is 1. The number of nitrogens with one attached hydrogen (secondary N) is 1. The van der Waals surface area contributed by atoms with Gasteiger partial charge in [-0.3, -0.25) is 9.59 Å². The number of para-hydroxylation sites is 1. The Kier molecular flexibility index (Phi) is 5.72. The predicted molar refractivity (Wildman–Crippen MR) is 116 cm³/mol. The van der Waals surface area contributed by atoms with Gasteiger partial charge in [0.1, 0.15) is 0 Å². The van der Waals surface area contributed by atoms with Gasteiger partial charge in [0.05, 0.1) is 19.0 Å². The van der Waals surface area contributed by atoms with E-state index in [-0.39, 0.29) is 18.1 Å². The number of aromatic nitrogens is 3. The Balaban J connectivity index is 1.72. The number of anilines is 1. The minimum atomic E-state index is -0.403. The number of nitrogens with zero attached hydrogens (tertiary/aromatic N) is 3. The van der Waals surface area contributed by atoms with Crippen molar-refractivity contribution in [3.8, 4) is 11.4 Å². The summed E-state index contributed by atoms with van der Waals surface area (Å²) in [4.78, 5) is 29.4. The van der Waals surface area contributed by atoms with Crippen LogP contribution < -0.4 is 11.1 Å². The van der Waals surface area contributed by atoms with Gasteiger partial charge in [0, 0.05) is 24.0 Å². The van der Waals surface area contributed by atoms with Crippen LogP contribution in [-0.4, -0.2) is 33.6 Å². The highest BCUT2D eigenvalue weighted by Gasteiger charge is 2.18. The standard InChI is InChI=1S/C23H21N5O3/c1-31-20(29)13-16-7-2-3-9-18(16)25-23(30)21-19-10-5-11-28(19)27-22(26-21)17-8-4-6-15(12-17)14-24/h2-12H,13-14,24H2,1H3,(H,25,30). The van der Waals surface area contributed by atoms with Crippen LogP contribution in [0.4, 0.5) is 5.69 Å². The summed E-state index contributed by atoms with van der Waals surface area (Å²) in [5, 5.41) is 7.39. The summed E-state index contributed by atoms with van der Waals surface area (Å²) in [6.07, 6.45) is 1.81. The van der Waals surface area contributed by atoms with E-state index in [4.69, 9.17) is 10.5 Å². The minimum Gasteiger partial charge on any atom is -0.469 e. The first-order valence-electron chi connectivity index (χ1n) is 9.70. The van der Waals surface area contributed by atoms with Crippen molar-refractivity contribution in [2.75, 3.05) is 12.4 Å². The highest BCUT2D eigenvalue weighted by molar-refractivity contribution is 6.08. The van der Waals surface area contributed by atoms with Crippen LogP contribution in [0.25, 0.3) is 16.9 Å². The number of rotatable bonds is 6. The van der Waals surface area contributed by atoms with Crippen LogP contribution in [0.15, 0.2) is 66.9 Å². The molecule has 0 saturated carbocycles. The zero-order chi connectivity index (χ0) is 21.8. The Morgan fingerprint density at radius 3 is 2.74 bits per heavy atom. The molecular formula is C23H21N5O3. The fourth-order valence-electron chi connectivity index (χ4n) is 3.27. The molecule has 4 rings (SSSR count). The number of esters is 1. The quantitative estimate of drug-likeness (QED) is 0.469. The van der Waals surface area contributed by atoms with Gasteiger partial charge in [-0.15, -0.1) is 5.10 Å². The second-order valence-electron chi connectivity index (χ2n) is 6.89. The summed E-state index contributed by atoms with van der Waals surface area (Å²) < 4.78 is 6.36. The third kappa shape index (κ3) is 4.29. The van der Waals surface area contributed by atoms with Crippen molar-refractivity contribution in [1.29, 1.82) is 0 Å². The number of carbonyl (C=O) groups excluding carboxylic acids is 2. The van der Waals surface area contributed by atoms with Gasteiger partial charge < -0.3 is 15.8 Å². The first kappa shape index (κ1) is 20.2. The van der Waals surface area contributed by atoms with E-state index >= 15 is 0 Å². The number of methoxy groups -OCH3 is 1. The maximum Gasteiger partial charge on any atom is 0.310 e. The number of benzene rings is 2. The van der Waals surface area contributed by atoms with E-state index in [9.17, 15) is 9.59 Å². The molecule has 0 radical (unpaired) electrons. The molecule has 8 heteroatoms. The van der Waals surface area contributed by atoms with E-state index in [0.29, 0.717) is 29.1 Å². The molecule has 0 saturated heterocycles. The molecule has 0 spiro atoms. The van der Waals surface area contributed by atoms with E-state index in [1.54, 1.807) is 47.1 Å². The SMILES string of the molecule is COC(=O)Cc1ccccc1NC(=O)c1nc(-c2cccc(CN)c2)nn2cccc12. The Labute approximate surface area is 178 Å². The van der Waals surface area contributed by atoms with Crippen LogP contribution in [0.1, 0.15) is 21.6 Å². The van der Waals surface area contributed by atoms with Gasteiger partial charge in [-0.2, -0.15) is 0 Å². The monoisotopic (exact) mass is 415 g/mol. The summed E-state index contributed by atoms with van der Waals surface area (Å²) in [5.41, 5.74) is 9.42. The Bertz CT molecular complexity index is 1270. The molecule has 0 aliphatic heterocycles. The highest BCUT2D eigenvalue weighted by Crippen LogP contribution is 2.21. The number of fused-ring (bicyclic) bond motifs is 1. The smallest absolute Gasteiger partial charge is 0.310 e. The van der Waals surface area contributed by atoms with Gasteiger partial charge in [0.2, 0.25) is 0 Å². The fourth-order valence-corrected chi connectivity index (χ4v) is 3.27. The van der Waals surface area contributed by atoms with Crippen LogP contribution in [-0.2, 0) is 22.5 Å². The molecular weight excluding hydrogens is 394 g/mol. The van der Waals surface area contributed by atoms with Crippen molar-refractivity contribution in [3.63, 3.8) is 0 Å². The predicted octanol–water partition coefficient (Wildman–Crippen LogP) is 2.82. The molecule has 8 nitrogen and oxygen atoms in total. The first-order valence-corrected chi connectivity index (χ1v) is 9.70. The van der Waals surface area contributed by atoms with Crippen molar-refractivity contribution < 1.29 is 14.3 Å². The maximum atomic E-state index is 13.2. The van der Waals surface area contributed by atoms with E-state index in [2.05, 4.69) is 15.4 Å². The van der Waals surface area contributed by atoms with E-state index in [0.717, 1.165) is 11.1 Å². The largest absolute Gasteiger partial charge is 0.469 e. The maximum absolute atomic E-state index is 13.2. The van der Waals surface area contributed by atoms with Gasteiger partial charge in [0.15, 0.2) is 11.5 Å². The molecule has 4 aromatic rings. The summed E-state index contributed by atoms with van der Waals surface area (Å²) in [6.45, 7) is 0.393. The number of hydrogen-bond acceptors (Lipinski definition) is 6. The lowest BCUT2D eigenvalue weighted by molar-refractivity contribution is -0.139. The van der Waals surface area contributed by atoms with Crippen molar-refractivity contribution in [2.24, 2.45) is 5.73 Å². The first-order chi connectivity index (χ1) is 15.1. The summed E-state index contributed by atoms with van der Waals surface area (Å²) in [7, 11) is 1.33. The van der Waals surface area contributed by atoms with Crippen LogP contribution in [0.2, 0.25) is 0 Å². The second-order valence-corrected chi connectivity index (χ2v) is 6.89. The summed E-state index contributed by atoms with van der Waals surface area (Å²) in [5.74, 6) is -0.383. The zero-order valence-electron chi connectivity index (χ0n) is 16.9. The van der Waals surface area contributed by atoms with Gasteiger partial charge in [-0.25, -0.2) is 9.50 Å². The average Bonchev–Trinajstić information content (AvgIpc) is 3.28. The number of nitrogens with two attached hydrogens (primary N) is 1. The molecule has 0 atom stereocenters. The summed E-state index contributed by atoms with van der Waals surface area (Å²) >= 11 is 0. The van der Waals surface area contributed by atoms with Gasteiger partial charge in [-0.05, 0) is 35.4 Å². The molecule has 2 aromatic carbocycles. The molecule has 1 amide bonds. The highest BCUT2D eigenvalue weighted by atomic mass is 16.5.